The summed E-state index contributed by atoms with van der Waals surface area (Å²) in [4.78, 5) is 11.6. The number of likely N-dealkylation sites (N-methyl/N-ethyl adjacent to an activating group) is 1. The van der Waals surface area contributed by atoms with E-state index < -0.39 is 10.0 Å². The summed E-state index contributed by atoms with van der Waals surface area (Å²) in [6.07, 6.45) is 0. The number of carbonyl (C=O) groups is 1. The smallest absolute Gasteiger partial charge is 0.264 e. The molecule has 0 heterocycles. The standard InChI is InChI=1S/C18H22N2O4S/c1-4-19-18(21)13-24-16-9-7-15(8-10-16)20(3)25(22,23)17-11-5-14(2)6-12-17/h5-12H,4,13H2,1-3H3,(H,19,21). The quantitative estimate of drug-likeness (QED) is 0.820. The number of hydrogen-bond acceptors (Lipinski definition) is 4. The highest BCUT2D eigenvalue weighted by Gasteiger charge is 2.21. The number of sulfonamides is 1. The third kappa shape index (κ3) is 4.73. The molecule has 0 fully saturated rings. The molecule has 0 aliphatic heterocycles. The van der Waals surface area contributed by atoms with Gasteiger partial charge in [0.25, 0.3) is 15.9 Å². The van der Waals surface area contributed by atoms with Crippen LogP contribution in [0.15, 0.2) is 53.4 Å². The lowest BCUT2D eigenvalue weighted by molar-refractivity contribution is -0.122. The number of carbonyl (C=O) groups excluding carboxylic acids is 1. The first kappa shape index (κ1) is 18.8. The largest absolute Gasteiger partial charge is 0.484 e. The van der Waals surface area contributed by atoms with Gasteiger partial charge in [0.05, 0.1) is 10.6 Å². The number of nitrogens with zero attached hydrogens (tertiary/aromatic N) is 1. The van der Waals surface area contributed by atoms with Gasteiger partial charge in [-0.3, -0.25) is 9.10 Å². The number of benzene rings is 2. The van der Waals surface area contributed by atoms with Crippen molar-refractivity contribution in [1.82, 2.24) is 5.32 Å². The molecule has 25 heavy (non-hydrogen) atoms. The Kier molecular flexibility index (Phi) is 6.03. The van der Waals surface area contributed by atoms with E-state index in [2.05, 4.69) is 5.32 Å². The van der Waals surface area contributed by atoms with Crippen molar-refractivity contribution in [3.8, 4) is 5.75 Å². The van der Waals surface area contributed by atoms with Crippen molar-refractivity contribution in [1.29, 1.82) is 0 Å². The second-order valence-corrected chi connectivity index (χ2v) is 7.49. The molecule has 0 saturated heterocycles. The topological polar surface area (TPSA) is 75.7 Å². The van der Waals surface area contributed by atoms with Gasteiger partial charge in [-0.2, -0.15) is 0 Å². The maximum absolute atomic E-state index is 12.7. The molecule has 134 valence electrons. The number of hydrogen-bond donors (Lipinski definition) is 1. The lowest BCUT2D eigenvalue weighted by Crippen LogP contribution is -2.28. The third-order valence-electron chi connectivity index (χ3n) is 3.62. The van der Waals surface area contributed by atoms with Gasteiger partial charge in [0.2, 0.25) is 0 Å². The summed E-state index contributed by atoms with van der Waals surface area (Å²) in [5, 5.41) is 2.64. The van der Waals surface area contributed by atoms with Crippen molar-refractivity contribution in [3.05, 3.63) is 54.1 Å². The molecule has 7 heteroatoms. The van der Waals surface area contributed by atoms with E-state index in [4.69, 9.17) is 4.74 Å². The molecule has 0 atom stereocenters. The molecule has 0 aromatic heterocycles. The molecule has 0 saturated carbocycles. The van der Waals surface area contributed by atoms with Crippen LogP contribution in [0.4, 0.5) is 5.69 Å². The van der Waals surface area contributed by atoms with Crippen molar-refractivity contribution in [3.63, 3.8) is 0 Å². The van der Waals surface area contributed by atoms with Crippen molar-refractivity contribution in [2.45, 2.75) is 18.7 Å². The summed E-state index contributed by atoms with van der Waals surface area (Å²) in [7, 11) is -2.13. The Labute approximate surface area is 148 Å². The van der Waals surface area contributed by atoms with Gasteiger partial charge in [0, 0.05) is 13.6 Å². The van der Waals surface area contributed by atoms with Crippen LogP contribution >= 0.6 is 0 Å². The van der Waals surface area contributed by atoms with Crippen molar-refractivity contribution in [2.24, 2.45) is 0 Å². The van der Waals surface area contributed by atoms with Gasteiger partial charge in [-0.25, -0.2) is 8.42 Å². The molecule has 2 aromatic rings. The van der Waals surface area contributed by atoms with Gasteiger partial charge in [-0.15, -0.1) is 0 Å². The highest BCUT2D eigenvalue weighted by molar-refractivity contribution is 7.92. The minimum absolute atomic E-state index is 0.0787. The van der Waals surface area contributed by atoms with Gasteiger partial charge >= 0.3 is 0 Å². The SMILES string of the molecule is CCNC(=O)COc1ccc(N(C)S(=O)(=O)c2ccc(C)cc2)cc1. The fourth-order valence-electron chi connectivity index (χ4n) is 2.16. The first-order valence-corrected chi connectivity index (χ1v) is 9.33. The molecule has 0 bridgehead atoms. The number of ether oxygens (including phenoxy) is 1. The Hall–Kier alpha value is -2.54. The molecular weight excluding hydrogens is 340 g/mol. The van der Waals surface area contributed by atoms with Crippen molar-refractivity contribution >= 4 is 21.6 Å². The molecule has 0 aliphatic carbocycles. The summed E-state index contributed by atoms with van der Waals surface area (Å²) < 4.78 is 31.9. The zero-order chi connectivity index (χ0) is 18.4. The highest BCUT2D eigenvalue weighted by Crippen LogP contribution is 2.24. The van der Waals surface area contributed by atoms with E-state index in [9.17, 15) is 13.2 Å². The predicted octanol–water partition coefficient (Wildman–Crippen LogP) is 2.34. The van der Waals surface area contributed by atoms with E-state index >= 15 is 0 Å². The Bertz CT molecular complexity index is 815. The zero-order valence-electron chi connectivity index (χ0n) is 14.5. The van der Waals surface area contributed by atoms with E-state index in [0.29, 0.717) is 18.0 Å². The molecule has 0 spiro atoms. The van der Waals surface area contributed by atoms with E-state index in [1.807, 2.05) is 13.8 Å². The second-order valence-electron chi connectivity index (χ2n) is 5.52. The van der Waals surface area contributed by atoms with Crippen LogP contribution < -0.4 is 14.4 Å². The molecule has 1 amide bonds. The molecule has 2 aromatic carbocycles. The van der Waals surface area contributed by atoms with Crippen LogP contribution in [0, 0.1) is 6.92 Å². The molecule has 2 rings (SSSR count). The highest BCUT2D eigenvalue weighted by atomic mass is 32.2. The number of nitrogens with one attached hydrogen (secondary N) is 1. The zero-order valence-corrected chi connectivity index (χ0v) is 15.3. The van der Waals surface area contributed by atoms with Crippen LogP contribution in [0.2, 0.25) is 0 Å². The Balaban J connectivity index is 2.10. The minimum atomic E-state index is -3.63. The van der Waals surface area contributed by atoms with Gasteiger partial charge in [-0.05, 0) is 50.2 Å². The average Bonchev–Trinajstić information content (AvgIpc) is 2.60. The Morgan fingerprint density at radius 1 is 1.08 bits per heavy atom. The van der Waals surface area contributed by atoms with Crippen LogP contribution in [0.25, 0.3) is 0 Å². The molecule has 6 nitrogen and oxygen atoms in total. The predicted molar refractivity (Wildman–Crippen MR) is 97.4 cm³/mol. The van der Waals surface area contributed by atoms with Crippen LogP contribution in [0.1, 0.15) is 12.5 Å². The van der Waals surface area contributed by atoms with Crippen molar-refractivity contribution in [2.75, 3.05) is 24.5 Å². The summed E-state index contributed by atoms with van der Waals surface area (Å²) >= 11 is 0. The first-order chi connectivity index (χ1) is 11.8. The molecule has 0 radical (unpaired) electrons. The normalized spacial score (nSPS) is 11.0. The average molecular weight is 362 g/mol. The summed E-state index contributed by atoms with van der Waals surface area (Å²) in [5.41, 5.74) is 1.50. The van der Waals surface area contributed by atoms with Gasteiger partial charge < -0.3 is 10.1 Å². The molecular formula is C18H22N2O4S. The fourth-order valence-corrected chi connectivity index (χ4v) is 3.35. The number of anilines is 1. The third-order valence-corrected chi connectivity index (χ3v) is 5.42. The first-order valence-electron chi connectivity index (χ1n) is 7.89. The summed E-state index contributed by atoms with van der Waals surface area (Å²) in [5.74, 6) is 0.293. The van der Waals surface area contributed by atoms with Gasteiger partial charge in [-0.1, -0.05) is 17.7 Å². The maximum atomic E-state index is 12.7. The van der Waals surface area contributed by atoms with Gasteiger partial charge in [0.1, 0.15) is 5.75 Å². The summed E-state index contributed by atoms with van der Waals surface area (Å²) in [6, 6.07) is 13.2. The Morgan fingerprint density at radius 2 is 1.68 bits per heavy atom. The number of rotatable bonds is 7. The van der Waals surface area contributed by atoms with Crippen LogP contribution in [0.5, 0.6) is 5.75 Å². The number of aryl methyl sites for hydroxylation is 1. The van der Waals surface area contributed by atoms with Crippen molar-refractivity contribution < 1.29 is 17.9 Å². The minimum Gasteiger partial charge on any atom is -0.484 e. The lowest BCUT2D eigenvalue weighted by atomic mass is 10.2. The van der Waals surface area contributed by atoms with E-state index in [1.54, 1.807) is 48.5 Å². The summed E-state index contributed by atoms with van der Waals surface area (Å²) in [6.45, 7) is 4.20. The fraction of sp³-hybridized carbons (Fsp3) is 0.278. The number of amides is 1. The second kappa shape index (κ2) is 8.02. The monoisotopic (exact) mass is 362 g/mol. The molecule has 0 unspecified atom stereocenters. The van der Waals surface area contributed by atoms with Crippen LogP contribution in [-0.4, -0.2) is 34.5 Å². The van der Waals surface area contributed by atoms with Gasteiger partial charge in [0.15, 0.2) is 6.61 Å². The lowest BCUT2D eigenvalue weighted by Gasteiger charge is -2.20. The van der Waals surface area contributed by atoms with E-state index in [-0.39, 0.29) is 17.4 Å². The van der Waals surface area contributed by atoms with E-state index in [0.717, 1.165) is 5.56 Å². The maximum Gasteiger partial charge on any atom is 0.264 e. The molecule has 1 N–H and O–H groups in total. The van der Waals surface area contributed by atoms with Crippen LogP contribution in [-0.2, 0) is 14.8 Å². The van der Waals surface area contributed by atoms with E-state index in [1.165, 1.54) is 11.4 Å². The molecule has 0 aliphatic rings. The van der Waals surface area contributed by atoms with Crippen LogP contribution in [0.3, 0.4) is 0 Å². The Morgan fingerprint density at radius 3 is 2.24 bits per heavy atom.